The molecule has 0 unspecified atom stereocenters. The van der Waals surface area contributed by atoms with E-state index in [-0.39, 0.29) is 17.1 Å². The average molecular weight is 348 g/mol. The van der Waals surface area contributed by atoms with E-state index in [0.29, 0.717) is 16.8 Å². The summed E-state index contributed by atoms with van der Waals surface area (Å²) in [6, 6.07) is 7.15. The minimum Gasteiger partial charge on any atom is -0.398 e. The van der Waals surface area contributed by atoms with Crippen LogP contribution < -0.4 is 11.5 Å². The molecule has 3 rings (SSSR count). The predicted molar refractivity (Wildman–Crippen MR) is 86.7 cm³/mol. The van der Waals surface area contributed by atoms with Gasteiger partial charge in [-0.15, -0.1) is 0 Å². The Bertz CT molecular complexity index is 921. The van der Waals surface area contributed by atoms with Crippen LogP contribution in [0.25, 0.3) is 22.4 Å². The van der Waals surface area contributed by atoms with Crippen molar-refractivity contribution in [1.29, 1.82) is 0 Å². The topological polar surface area (TPSA) is 77.8 Å². The van der Waals surface area contributed by atoms with Gasteiger partial charge in [-0.25, -0.2) is 9.37 Å². The molecule has 2 aromatic carbocycles. The van der Waals surface area contributed by atoms with Crippen molar-refractivity contribution in [2.45, 2.75) is 6.18 Å². The molecule has 1 heterocycles. The summed E-state index contributed by atoms with van der Waals surface area (Å²) < 4.78 is 52.5. The second-order valence-corrected chi connectivity index (χ2v) is 5.32. The summed E-state index contributed by atoms with van der Waals surface area (Å²) in [5, 5.41) is 0. The number of nitrogen functional groups attached to an aromatic ring is 2. The van der Waals surface area contributed by atoms with Crippen LogP contribution in [0.3, 0.4) is 0 Å². The molecule has 0 amide bonds. The summed E-state index contributed by atoms with van der Waals surface area (Å²) >= 11 is 0. The Morgan fingerprint density at radius 3 is 2.12 bits per heavy atom. The van der Waals surface area contributed by atoms with Crippen LogP contribution in [0, 0.1) is 5.82 Å². The van der Waals surface area contributed by atoms with E-state index in [1.807, 2.05) is 0 Å². The Kier molecular flexibility index (Phi) is 4.03. The first-order valence-corrected chi connectivity index (χ1v) is 7.10. The Morgan fingerprint density at radius 1 is 0.840 bits per heavy atom. The largest absolute Gasteiger partial charge is 0.416 e. The second kappa shape index (κ2) is 6.04. The van der Waals surface area contributed by atoms with Gasteiger partial charge >= 0.3 is 6.18 Å². The minimum atomic E-state index is -4.49. The van der Waals surface area contributed by atoms with Gasteiger partial charge in [0.05, 0.1) is 23.7 Å². The highest BCUT2D eigenvalue weighted by molar-refractivity contribution is 5.78. The number of halogens is 4. The molecule has 0 saturated carbocycles. The van der Waals surface area contributed by atoms with Crippen LogP contribution in [-0.2, 0) is 6.18 Å². The van der Waals surface area contributed by atoms with Crippen LogP contribution in [0.2, 0.25) is 0 Å². The van der Waals surface area contributed by atoms with Gasteiger partial charge in [0.1, 0.15) is 11.6 Å². The molecular formula is C17H12F4N4. The summed E-state index contributed by atoms with van der Waals surface area (Å²) in [6.07, 6.45) is -1.86. The summed E-state index contributed by atoms with van der Waals surface area (Å²) in [5.41, 5.74) is 11.4. The third-order valence-electron chi connectivity index (χ3n) is 3.61. The molecule has 4 N–H and O–H groups in total. The van der Waals surface area contributed by atoms with E-state index >= 15 is 0 Å². The third-order valence-corrected chi connectivity index (χ3v) is 3.61. The second-order valence-electron chi connectivity index (χ2n) is 5.32. The lowest BCUT2D eigenvalue weighted by Crippen LogP contribution is -2.06. The van der Waals surface area contributed by atoms with Gasteiger partial charge < -0.3 is 11.5 Å². The number of aromatic nitrogens is 2. The molecule has 0 atom stereocenters. The fourth-order valence-corrected chi connectivity index (χ4v) is 2.37. The lowest BCUT2D eigenvalue weighted by atomic mass is 9.99. The standard InChI is InChI=1S/C17H12F4N4/c18-13-5-9(1-3-12(13)15-7-25-16(23)8-24-15)11-4-2-10(6-14(11)22)17(19,20)21/h1-8H,22H2,(H2,23,25). The molecule has 0 aliphatic carbocycles. The zero-order valence-corrected chi connectivity index (χ0v) is 12.7. The number of nitrogens with zero attached hydrogens (tertiary/aromatic N) is 2. The Labute approximate surface area is 140 Å². The number of benzene rings is 2. The SMILES string of the molecule is Nc1cnc(-c2ccc(-c3ccc(C(F)(F)F)cc3N)cc2F)cn1. The van der Waals surface area contributed by atoms with Crippen LogP contribution in [0.1, 0.15) is 5.56 Å². The van der Waals surface area contributed by atoms with Crippen molar-refractivity contribution in [1.82, 2.24) is 9.97 Å². The number of hydrogen-bond donors (Lipinski definition) is 2. The van der Waals surface area contributed by atoms with E-state index in [9.17, 15) is 17.6 Å². The average Bonchev–Trinajstić information content (AvgIpc) is 2.55. The van der Waals surface area contributed by atoms with E-state index < -0.39 is 17.6 Å². The zero-order valence-electron chi connectivity index (χ0n) is 12.7. The Morgan fingerprint density at radius 2 is 1.56 bits per heavy atom. The Balaban J connectivity index is 2.00. The number of nitrogens with two attached hydrogens (primary N) is 2. The minimum absolute atomic E-state index is 0.0887. The highest BCUT2D eigenvalue weighted by Gasteiger charge is 2.30. The van der Waals surface area contributed by atoms with Gasteiger partial charge in [0.2, 0.25) is 0 Å². The van der Waals surface area contributed by atoms with Crippen molar-refractivity contribution in [2.75, 3.05) is 11.5 Å². The van der Waals surface area contributed by atoms with Crippen molar-refractivity contribution in [3.8, 4) is 22.4 Å². The van der Waals surface area contributed by atoms with Crippen LogP contribution in [-0.4, -0.2) is 9.97 Å². The van der Waals surface area contributed by atoms with E-state index in [1.54, 1.807) is 6.07 Å². The van der Waals surface area contributed by atoms with Crippen LogP contribution >= 0.6 is 0 Å². The molecular weight excluding hydrogens is 336 g/mol. The molecule has 0 saturated heterocycles. The van der Waals surface area contributed by atoms with Gasteiger partial charge in [-0.05, 0) is 29.8 Å². The van der Waals surface area contributed by atoms with Gasteiger partial charge in [-0.2, -0.15) is 13.2 Å². The molecule has 4 nitrogen and oxygen atoms in total. The van der Waals surface area contributed by atoms with Crippen molar-refractivity contribution in [2.24, 2.45) is 0 Å². The molecule has 3 aromatic rings. The van der Waals surface area contributed by atoms with Gasteiger partial charge in [-0.1, -0.05) is 12.1 Å². The van der Waals surface area contributed by atoms with Crippen molar-refractivity contribution >= 4 is 11.5 Å². The van der Waals surface area contributed by atoms with E-state index in [4.69, 9.17) is 11.5 Å². The van der Waals surface area contributed by atoms with Crippen molar-refractivity contribution in [3.05, 3.63) is 60.2 Å². The summed E-state index contributed by atoms with van der Waals surface area (Å²) in [7, 11) is 0. The van der Waals surface area contributed by atoms with Gasteiger partial charge in [-0.3, -0.25) is 4.98 Å². The number of alkyl halides is 3. The molecule has 8 heteroatoms. The normalized spacial score (nSPS) is 11.5. The maximum atomic E-state index is 14.4. The van der Waals surface area contributed by atoms with Crippen LogP contribution in [0.4, 0.5) is 29.1 Å². The zero-order chi connectivity index (χ0) is 18.2. The lowest BCUT2D eigenvalue weighted by molar-refractivity contribution is -0.137. The third kappa shape index (κ3) is 3.37. The smallest absolute Gasteiger partial charge is 0.398 e. The molecule has 0 bridgehead atoms. The van der Waals surface area contributed by atoms with Crippen LogP contribution in [0.5, 0.6) is 0 Å². The number of anilines is 2. The van der Waals surface area contributed by atoms with Crippen molar-refractivity contribution in [3.63, 3.8) is 0 Å². The molecule has 0 radical (unpaired) electrons. The van der Waals surface area contributed by atoms with E-state index in [1.165, 1.54) is 30.6 Å². The Hall–Kier alpha value is -3.16. The first kappa shape index (κ1) is 16.7. The highest BCUT2D eigenvalue weighted by Crippen LogP contribution is 2.35. The molecule has 0 aliphatic heterocycles. The monoisotopic (exact) mass is 348 g/mol. The molecule has 0 aliphatic rings. The fraction of sp³-hybridized carbons (Fsp3) is 0.0588. The van der Waals surface area contributed by atoms with Crippen molar-refractivity contribution < 1.29 is 17.6 Å². The molecule has 0 fully saturated rings. The van der Waals surface area contributed by atoms with Crippen LogP contribution in [0.15, 0.2) is 48.8 Å². The fourth-order valence-electron chi connectivity index (χ4n) is 2.37. The number of rotatable bonds is 2. The highest BCUT2D eigenvalue weighted by atomic mass is 19.4. The summed E-state index contributed by atoms with van der Waals surface area (Å²) in [4.78, 5) is 7.84. The van der Waals surface area contributed by atoms with E-state index in [2.05, 4.69) is 9.97 Å². The molecule has 0 spiro atoms. The summed E-state index contributed by atoms with van der Waals surface area (Å²) in [6.45, 7) is 0. The lowest BCUT2D eigenvalue weighted by Gasteiger charge is -2.12. The molecule has 128 valence electrons. The first-order valence-electron chi connectivity index (χ1n) is 7.10. The number of hydrogen-bond acceptors (Lipinski definition) is 4. The van der Waals surface area contributed by atoms with E-state index in [0.717, 1.165) is 12.1 Å². The summed E-state index contributed by atoms with van der Waals surface area (Å²) in [5.74, 6) is -0.394. The van der Waals surface area contributed by atoms with Gasteiger partial charge in [0, 0.05) is 16.8 Å². The quantitative estimate of drug-likeness (QED) is 0.539. The predicted octanol–water partition coefficient (Wildman–Crippen LogP) is 4.13. The first-order chi connectivity index (χ1) is 11.8. The maximum absolute atomic E-state index is 14.4. The van der Waals surface area contributed by atoms with Gasteiger partial charge in [0.15, 0.2) is 0 Å². The van der Waals surface area contributed by atoms with Gasteiger partial charge in [0.25, 0.3) is 0 Å². The maximum Gasteiger partial charge on any atom is 0.416 e. The molecule has 1 aromatic heterocycles. The molecule has 25 heavy (non-hydrogen) atoms.